The van der Waals surface area contributed by atoms with E-state index in [1.165, 1.54) is 7.11 Å². The third-order valence-corrected chi connectivity index (χ3v) is 3.62. The third kappa shape index (κ3) is 6.47. The van der Waals surface area contributed by atoms with Gasteiger partial charge in [0.15, 0.2) is 6.61 Å². The van der Waals surface area contributed by atoms with Crippen LogP contribution in [-0.4, -0.2) is 31.2 Å². The van der Waals surface area contributed by atoms with Gasteiger partial charge in [0.05, 0.1) is 19.2 Å². The Morgan fingerprint density at radius 2 is 1.67 bits per heavy atom. The summed E-state index contributed by atoms with van der Waals surface area (Å²) in [6.45, 7) is 3.40. The van der Waals surface area contributed by atoms with Crippen molar-refractivity contribution in [2.75, 3.05) is 19.0 Å². The molecule has 0 saturated carbocycles. The van der Waals surface area contributed by atoms with E-state index >= 15 is 0 Å². The fraction of sp³-hybridized carbons (Fsp3) is 0.250. The third-order valence-electron chi connectivity index (χ3n) is 3.62. The zero-order valence-electron chi connectivity index (χ0n) is 15.6. The van der Waals surface area contributed by atoms with Gasteiger partial charge >= 0.3 is 0 Å². The minimum atomic E-state index is -0.400. The van der Waals surface area contributed by atoms with Crippen LogP contribution >= 0.6 is 0 Å². The van der Waals surface area contributed by atoms with E-state index in [0.717, 1.165) is 5.56 Å². The number of anilines is 1. The highest BCUT2D eigenvalue weighted by Gasteiger charge is 2.09. The average Bonchev–Trinajstić information content (AvgIpc) is 2.66. The van der Waals surface area contributed by atoms with E-state index in [-0.39, 0.29) is 18.9 Å². The number of carbonyl (C=O) groups excluding carboxylic acids is 2. The van der Waals surface area contributed by atoms with E-state index in [2.05, 4.69) is 15.8 Å². The Bertz CT molecular complexity index is 833. The second-order valence-electron chi connectivity index (χ2n) is 5.86. The number of hydrogen-bond acceptors (Lipinski definition) is 5. The molecule has 2 aromatic rings. The molecule has 27 heavy (non-hydrogen) atoms. The molecule has 0 bridgehead atoms. The topological polar surface area (TPSA) is 89.0 Å². The maximum absolute atomic E-state index is 12.1. The summed E-state index contributed by atoms with van der Waals surface area (Å²) in [7, 11) is 1.53. The monoisotopic (exact) mass is 369 g/mol. The molecule has 7 heteroatoms. The molecule has 0 aliphatic rings. The molecule has 0 spiro atoms. The largest absolute Gasteiger partial charge is 0.495 e. The van der Waals surface area contributed by atoms with E-state index in [1.54, 1.807) is 31.2 Å². The van der Waals surface area contributed by atoms with Crippen LogP contribution in [0.3, 0.4) is 0 Å². The van der Waals surface area contributed by atoms with Gasteiger partial charge in [0.1, 0.15) is 11.5 Å². The van der Waals surface area contributed by atoms with E-state index < -0.39 is 5.91 Å². The lowest BCUT2D eigenvalue weighted by Crippen LogP contribution is -2.26. The van der Waals surface area contributed by atoms with Crippen LogP contribution in [0, 0.1) is 6.92 Å². The standard InChI is InChI=1S/C20H23N3O4/c1-14-8-4-6-10-17(14)27-13-20(25)23-22-15(2)12-19(24)21-16-9-5-7-11-18(16)26-3/h4-11H,12-13H2,1-3H3,(H,21,24)(H,23,25)/b22-15-. The quantitative estimate of drug-likeness (QED) is 0.553. The molecule has 0 atom stereocenters. The highest BCUT2D eigenvalue weighted by atomic mass is 16.5. The molecule has 0 fully saturated rings. The summed E-state index contributed by atoms with van der Waals surface area (Å²) in [6.07, 6.45) is 0.0387. The second-order valence-corrected chi connectivity index (χ2v) is 5.86. The lowest BCUT2D eigenvalue weighted by atomic mass is 10.2. The Labute approximate surface area is 158 Å². The van der Waals surface area contributed by atoms with Crippen molar-refractivity contribution in [1.29, 1.82) is 0 Å². The van der Waals surface area contributed by atoms with Crippen LogP contribution in [0.25, 0.3) is 0 Å². The summed E-state index contributed by atoms with van der Waals surface area (Å²) in [4.78, 5) is 23.9. The summed E-state index contributed by atoms with van der Waals surface area (Å²) >= 11 is 0. The first kappa shape index (κ1) is 20.0. The Kier molecular flexibility index (Phi) is 7.37. The molecule has 0 saturated heterocycles. The molecule has 0 heterocycles. The number of rotatable bonds is 8. The van der Waals surface area contributed by atoms with Crippen LogP contribution in [-0.2, 0) is 9.59 Å². The number of hydrazone groups is 1. The first-order valence-electron chi connectivity index (χ1n) is 8.43. The van der Waals surface area contributed by atoms with Crippen molar-refractivity contribution in [3.05, 3.63) is 54.1 Å². The number of nitrogens with zero attached hydrogens (tertiary/aromatic N) is 1. The molecule has 142 valence electrons. The summed E-state index contributed by atoms with van der Waals surface area (Å²) in [6, 6.07) is 14.5. The Morgan fingerprint density at radius 1 is 1.00 bits per heavy atom. The Hall–Kier alpha value is -3.35. The fourth-order valence-electron chi connectivity index (χ4n) is 2.27. The maximum atomic E-state index is 12.1. The molecular formula is C20H23N3O4. The van der Waals surface area contributed by atoms with E-state index in [1.807, 2.05) is 31.2 Å². The molecule has 7 nitrogen and oxygen atoms in total. The summed E-state index contributed by atoms with van der Waals surface area (Å²) < 4.78 is 10.6. The van der Waals surface area contributed by atoms with Gasteiger partial charge in [0.2, 0.25) is 5.91 Å². The molecule has 0 aromatic heterocycles. The van der Waals surface area contributed by atoms with Crippen molar-refractivity contribution in [1.82, 2.24) is 5.43 Å². The molecule has 2 N–H and O–H groups in total. The van der Waals surface area contributed by atoms with Crippen LogP contribution in [0.5, 0.6) is 11.5 Å². The number of hydrogen-bond donors (Lipinski definition) is 2. The van der Waals surface area contributed by atoms with E-state index in [9.17, 15) is 9.59 Å². The molecule has 0 radical (unpaired) electrons. The van der Waals surface area contributed by atoms with Gasteiger partial charge in [0.25, 0.3) is 5.91 Å². The molecule has 0 unspecified atom stereocenters. The zero-order valence-corrected chi connectivity index (χ0v) is 15.6. The SMILES string of the molecule is COc1ccccc1NC(=O)C/C(C)=N\NC(=O)COc1ccccc1C. The fourth-order valence-corrected chi connectivity index (χ4v) is 2.27. The Balaban J connectivity index is 1.80. The normalized spacial score (nSPS) is 10.9. The van der Waals surface area contributed by atoms with Crippen molar-refractivity contribution in [2.45, 2.75) is 20.3 Å². The molecule has 2 rings (SSSR count). The predicted octanol–water partition coefficient (Wildman–Crippen LogP) is 2.90. The van der Waals surface area contributed by atoms with Gasteiger partial charge < -0.3 is 14.8 Å². The Morgan fingerprint density at radius 3 is 2.37 bits per heavy atom. The summed E-state index contributed by atoms with van der Waals surface area (Å²) in [5.41, 5.74) is 4.37. The van der Waals surface area contributed by atoms with Gasteiger partial charge in [-0.15, -0.1) is 0 Å². The minimum absolute atomic E-state index is 0.0387. The average molecular weight is 369 g/mol. The number of para-hydroxylation sites is 3. The summed E-state index contributed by atoms with van der Waals surface area (Å²) in [5.74, 6) is 0.556. The number of ether oxygens (including phenoxy) is 2. The van der Waals surface area contributed by atoms with Crippen LogP contribution in [0.1, 0.15) is 18.9 Å². The molecule has 2 aromatic carbocycles. The smallest absolute Gasteiger partial charge is 0.277 e. The van der Waals surface area contributed by atoms with Gasteiger partial charge in [-0.05, 0) is 37.6 Å². The number of methoxy groups -OCH3 is 1. The van der Waals surface area contributed by atoms with E-state index in [0.29, 0.717) is 22.9 Å². The number of amides is 2. The molecule has 0 aliphatic carbocycles. The van der Waals surface area contributed by atoms with Gasteiger partial charge in [-0.2, -0.15) is 5.10 Å². The van der Waals surface area contributed by atoms with E-state index in [4.69, 9.17) is 9.47 Å². The van der Waals surface area contributed by atoms with Crippen molar-refractivity contribution in [3.8, 4) is 11.5 Å². The second kappa shape index (κ2) is 9.96. The maximum Gasteiger partial charge on any atom is 0.277 e. The van der Waals surface area contributed by atoms with Crippen LogP contribution in [0.2, 0.25) is 0 Å². The zero-order chi connectivity index (χ0) is 19.6. The minimum Gasteiger partial charge on any atom is -0.495 e. The summed E-state index contributed by atoms with van der Waals surface area (Å²) in [5, 5.41) is 6.68. The van der Waals surface area contributed by atoms with Crippen LogP contribution < -0.4 is 20.2 Å². The van der Waals surface area contributed by atoms with Crippen molar-refractivity contribution >= 4 is 23.2 Å². The lowest BCUT2D eigenvalue weighted by molar-refractivity contribution is -0.123. The first-order chi connectivity index (χ1) is 13.0. The van der Waals surface area contributed by atoms with Crippen LogP contribution in [0.4, 0.5) is 5.69 Å². The highest BCUT2D eigenvalue weighted by Crippen LogP contribution is 2.23. The van der Waals surface area contributed by atoms with Gasteiger partial charge in [-0.3, -0.25) is 9.59 Å². The van der Waals surface area contributed by atoms with Gasteiger partial charge in [-0.1, -0.05) is 30.3 Å². The van der Waals surface area contributed by atoms with Crippen molar-refractivity contribution in [3.63, 3.8) is 0 Å². The number of aryl methyl sites for hydroxylation is 1. The number of benzene rings is 2. The predicted molar refractivity (Wildman–Crippen MR) is 104 cm³/mol. The molecule has 0 aliphatic heterocycles. The van der Waals surface area contributed by atoms with Crippen molar-refractivity contribution < 1.29 is 19.1 Å². The number of nitrogens with one attached hydrogen (secondary N) is 2. The van der Waals surface area contributed by atoms with Gasteiger partial charge in [-0.25, -0.2) is 5.43 Å². The first-order valence-corrected chi connectivity index (χ1v) is 8.43. The molecular weight excluding hydrogens is 346 g/mol. The van der Waals surface area contributed by atoms with Crippen LogP contribution in [0.15, 0.2) is 53.6 Å². The van der Waals surface area contributed by atoms with Gasteiger partial charge in [0, 0.05) is 5.71 Å². The highest BCUT2D eigenvalue weighted by molar-refractivity contribution is 6.06. The lowest BCUT2D eigenvalue weighted by Gasteiger charge is -2.10. The molecule has 2 amide bonds. The van der Waals surface area contributed by atoms with Crippen molar-refractivity contribution in [2.24, 2.45) is 5.10 Å². The number of carbonyl (C=O) groups is 2.